The van der Waals surface area contributed by atoms with Crippen LogP contribution in [0, 0.1) is 21.8 Å². The van der Waals surface area contributed by atoms with Gasteiger partial charge in [-0.15, -0.1) is 0 Å². The van der Waals surface area contributed by atoms with Crippen LogP contribution in [0.25, 0.3) is 0 Å². The topological polar surface area (TPSA) is 66.6 Å². The van der Waals surface area contributed by atoms with Gasteiger partial charge in [0.25, 0.3) is 5.69 Å². The van der Waals surface area contributed by atoms with Gasteiger partial charge in [0.1, 0.15) is 5.82 Å². The van der Waals surface area contributed by atoms with Crippen LogP contribution >= 0.6 is 0 Å². The summed E-state index contributed by atoms with van der Waals surface area (Å²) < 4.78 is 13.0. The van der Waals surface area contributed by atoms with Crippen LogP contribution in [0.3, 0.4) is 0 Å². The van der Waals surface area contributed by atoms with Crippen molar-refractivity contribution >= 4 is 5.69 Å². The first-order valence-corrected chi connectivity index (χ1v) is 8.42. The fraction of sp³-hybridized carbons (Fsp3) is 0.368. The second kappa shape index (κ2) is 7.72. The lowest BCUT2D eigenvalue weighted by atomic mass is 9.87. The fourth-order valence-corrected chi connectivity index (χ4v) is 3.34. The number of nitro benzene ring substituents is 1. The van der Waals surface area contributed by atoms with Crippen molar-refractivity contribution in [2.24, 2.45) is 5.92 Å². The molecule has 1 fully saturated rings. The summed E-state index contributed by atoms with van der Waals surface area (Å²) in [4.78, 5) is 12.6. The first kappa shape index (κ1) is 17.5. The average Bonchev–Trinajstić information content (AvgIpc) is 2.63. The van der Waals surface area contributed by atoms with E-state index in [0.717, 1.165) is 43.6 Å². The van der Waals surface area contributed by atoms with Crippen LogP contribution in [0.15, 0.2) is 48.5 Å². The third-order valence-electron chi connectivity index (χ3n) is 4.84. The molecule has 132 valence electrons. The summed E-state index contributed by atoms with van der Waals surface area (Å²) in [6.45, 7) is 2.47. The Morgan fingerprint density at radius 3 is 2.28 bits per heavy atom. The minimum absolute atomic E-state index is 0.102. The predicted octanol–water partition coefficient (Wildman–Crippen LogP) is 3.68. The largest absolute Gasteiger partial charge is 0.388 e. The number of nitrogens with zero attached hydrogens (tertiary/aromatic N) is 2. The number of aliphatic hydroxyl groups excluding tert-OH is 1. The van der Waals surface area contributed by atoms with Gasteiger partial charge in [0, 0.05) is 18.7 Å². The predicted molar refractivity (Wildman–Crippen MR) is 92.5 cm³/mol. The summed E-state index contributed by atoms with van der Waals surface area (Å²) >= 11 is 0. The van der Waals surface area contributed by atoms with E-state index in [-0.39, 0.29) is 17.4 Å². The monoisotopic (exact) mass is 344 g/mol. The van der Waals surface area contributed by atoms with Gasteiger partial charge >= 0.3 is 0 Å². The molecule has 5 nitrogen and oxygen atoms in total. The second-order valence-corrected chi connectivity index (χ2v) is 6.53. The molecule has 1 atom stereocenters. The van der Waals surface area contributed by atoms with Gasteiger partial charge in [-0.1, -0.05) is 24.3 Å². The number of piperidine rings is 1. The minimum atomic E-state index is -0.567. The number of likely N-dealkylation sites (tertiary alicyclic amines) is 1. The van der Waals surface area contributed by atoms with Crippen molar-refractivity contribution in [2.45, 2.75) is 25.5 Å². The lowest BCUT2D eigenvalue weighted by Gasteiger charge is -2.34. The molecule has 0 radical (unpaired) electrons. The lowest BCUT2D eigenvalue weighted by Crippen LogP contribution is -2.35. The van der Waals surface area contributed by atoms with E-state index in [1.54, 1.807) is 24.3 Å². The quantitative estimate of drug-likeness (QED) is 0.664. The number of rotatable bonds is 5. The van der Waals surface area contributed by atoms with Gasteiger partial charge in [-0.25, -0.2) is 4.39 Å². The van der Waals surface area contributed by atoms with Gasteiger partial charge in [-0.05, 0) is 55.1 Å². The van der Waals surface area contributed by atoms with E-state index in [9.17, 15) is 19.6 Å². The molecule has 25 heavy (non-hydrogen) atoms. The Kier molecular flexibility index (Phi) is 5.40. The van der Waals surface area contributed by atoms with E-state index in [1.165, 1.54) is 24.3 Å². The van der Waals surface area contributed by atoms with E-state index in [4.69, 9.17) is 0 Å². The maximum atomic E-state index is 13.0. The van der Waals surface area contributed by atoms with Crippen LogP contribution in [0.4, 0.5) is 10.1 Å². The molecule has 1 saturated heterocycles. The Hall–Kier alpha value is -2.31. The normalized spacial score (nSPS) is 17.4. The van der Waals surface area contributed by atoms with E-state index >= 15 is 0 Å². The van der Waals surface area contributed by atoms with Gasteiger partial charge < -0.3 is 5.11 Å². The summed E-state index contributed by atoms with van der Waals surface area (Å²) in [6, 6.07) is 12.7. The summed E-state index contributed by atoms with van der Waals surface area (Å²) in [5.74, 6) is -0.132. The molecule has 1 heterocycles. The highest BCUT2D eigenvalue weighted by Crippen LogP contribution is 2.31. The Labute approximate surface area is 145 Å². The lowest BCUT2D eigenvalue weighted by molar-refractivity contribution is -0.384. The molecule has 0 aromatic heterocycles. The second-order valence-electron chi connectivity index (χ2n) is 6.53. The van der Waals surface area contributed by atoms with Crippen LogP contribution < -0.4 is 0 Å². The zero-order valence-electron chi connectivity index (χ0n) is 13.8. The molecule has 0 spiro atoms. The third-order valence-corrected chi connectivity index (χ3v) is 4.84. The van der Waals surface area contributed by atoms with Crippen molar-refractivity contribution in [1.29, 1.82) is 0 Å². The fourth-order valence-electron chi connectivity index (χ4n) is 3.34. The standard InChI is InChI=1S/C19H21FN2O3/c20-17-5-3-15(4-6-17)19(23)16-9-11-21(12-10-16)13-14-1-7-18(8-2-14)22(24)25/h1-8,16,19,23H,9-13H2. The number of benzene rings is 2. The van der Waals surface area contributed by atoms with E-state index in [1.807, 2.05) is 0 Å². The Morgan fingerprint density at radius 2 is 1.72 bits per heavy atom. The average molecular weight is 344 g/mol. The molecule has 0 bridgehead atoms. The Balaban J connectivity index is 1.53. The van der Waals surface area contributed by atoms with Crippen molar-refractivity contribution in [2.75, 3.05) is 13.1 Å². The Bertz CT molecular complexity index is 710. The van der Waals surface area contributed by atoms with Crippen LogP contribution in [0.5, 0.6) is 0 Å². The maximum Gasteiger partial charge on any atom is 0.269 e. The van der Waals surface area contributed by atoms with Crippen molar-refractivity contribution in [3.8, 4) is 0 Å². The summed E-state index contributed by atoms with van der Waals surface area (Å²) in [7, 11) is 0. The smallest absolute Gasteiger partial charge is 0.269 e. The number of hydrogen-bond donors (Lipinski definition) is 1. The highest BCUT2D eigenvalue weighted by atomic mass is 19.1. The minimum Gasteiger partial charge on any atom is -0.388 e. The molecular formula is C19H21FN2O3. The van der Waals surface area contributed by atoms with E-state index in [2.05, 4.69) is 4.90 Å². The zero-order chi connectivity index (χ0) is 17.8. The maximum absolute atomic E-state index is 13.0. The van der Waals surface area contributed by atoms with Gasteiger partial charge in [-0.2, -0.15) is 0 Å². The third kappa shape index (κ3) is 4.41. The van der Waals surface area contributed by atoms with Crippen LogP contribution in [0.1, 0.15) is 30.1 Å². The molecule has 2 aromatic carbocycles. The first-order valence-electron chi connectivity index (χ1n) is 8.42. The molecule has 6 heteroatoms. The van der Waals surface area contributed by atoms with Gasteiger partial charge in [0.05, 0.1) is 11.0 Å². The number of aliphatic hydroxyl groups is 1. The van der Waals surface area contributed by atoms with Crippen molar-refractivity contribution in [3.63, 3.8) is 0 Å². The van der Waals surface area contributed by atoms with Crippen LogP contribution in [-0.2, 0) is 6.54 Å². The summed E-state index contributed by atoms with van der Waals surface area (Å²) in [5.41, 5.74) is 1.91. The highest BCUT2D eigenvalue weighted by molar-refractivity contribution is 5.32. The van der Waals surface area contributed by atoms with Gasteiger partial charge in [0.15, 0.2) is 0 Å². The number of hydrogen-bond acceptors (Lipinski definition) is 4. The molecule has 3 rings (SSSR count). The van der Waals surface area contributed by atoms with Gasteiger partial charge in [-0.3, -0.25) is 15.0 Å². The van der Waals surface area contributed by atoms with Crippen molar-refractivity contribution in [1.82, 2.24) is 4.90 Å². The molecular weight excluding hydrogens is 323 g/mol. The molecule has 2 aromatic rings. The molecule has 1 aliphatic rings. The summed E-state index contributed by atoms with van der Waals surface area (Å²) in [6.07, 6.45) is 1.17. The van der Waals surface area contributed by atoms with E-state index < -0.39 is 11.0 Å². The molecule has 0 aliphatic carbocycles. The van der Waals surface area contributed by atoms with Gasteiger partial charge in [0.2, 0.25) is 0 Å². The van der Waals surface area contributed by atoms with Crippen LogP contribution in [-0.4, -0.2) is 28.0 Å². The summed E-state index contributed by atoms with van der Waals surface area (Å²) in [5, 5.41) is 21.2. The number of nitro groups is 1. The first-order chi connectivity index (χ1) is 12.0. The number of non-ortho nitro benzene ring substituents is 1. The highest BCUT2D eigenvalue weighted by Gasteiger charge is 2.26. The van der Waals surface area contributed by atoms with E-state index in [0.29, 0.717) is 0 Å². The molecule has 1 N–H and O–H groups in total. The Morgan fingerprint density at radius 1 is 1.12 bits per heavy atom. The SMILES string of the molecule is O=[N+]([O-])c1ccc(CN2CCC(C(O)c3ccc(F)cc3)CC2)cc1. The zero-order valence-corrected chi connectivity index (χ0v) is 13.8. The molecule has 0 saturated carbocycles. The molecule has 0 amide bonds. The number of halogens is 1. The van der Waals surface area contributed by atoms with Crippen molar-refractivity contribution < 1.29 is 14.4 Å². The van der Waals surface area contributed by atoms with Crippen LogP contribution in [0.2, 0.25) is 0 Å². The van der Waals surface area contributed by atoms with Crippen molar-refractivity contribution in [3.05, 3.63) is 75.6 Å². The molecule has 1 unspecified atom stereocenters. The molecule has 1 aliphatic heterocycles.